The summed E-state index contributed by atoms with van der Waals surface area (Å²) in [5.74, 6) is 0.463. The molecule has 1 aromatic heterocycles. The lowest BCUT2D eigenvalue weighted by Crippen LogP contribution is -2.11. The summed E-state index contributed by atoms with van der Waals surface area (Å²) in [5, 5.41) is 3.31. The Morgan fingerprint density at radius 1 is 1.41 bits per heavy atom. The first-order chi connectivity index (χ1) is 8.06. The number of benzene rings is 1. The summed E-state index contributed by atoms with van der Waals surface area (Å²) in [6.45, 7) is 1.78. The van der Waals surface area contributed by atoms with E-state index in [0.717, 1.165) is 4.47 Å². The molecular formula is C12H9BrClNO2. The number of anilines is 1. The van der Waals surface area contributed by atoms with Gasteiger partial charge in [0.2, 0.25) is 0 Å². The molecule has 1 amide bonds. The van der Waals surface area contributed by atoms with E-state index >= 15 is 0 Å². The van der Waals surface area contributed by atoms with Crippen molar-refractivity contribution in [3.8, 4) is 0 Å². The quantitative estimate of drug-likeness (QED) is 0.900. The van der Waals surface area contributed by atoms with Gasteiger partial charge in [0.1, 0.15) is 12.0 Å². The molecule has 0 bridgehead atoms. The third-order valence-corrected chi connectivity index (χ3v) is 3.10. The first-order valence-electron chi connectivity index (χ1n) is 4.88. The molecule has 88 valence electrons. The highest BCUT2D eigenvalue weighted by atomic mass is 79.9. The molecule has 0 spiro atoms. The van der Waals surface area contributed by atoms with Crippen LogP contribution in [0.2, 0.25) is 5.02 Å². The third kappa shape index (κ3) is 2.90. The number of aryl methyl sites for hydroxylation is 1. The van der Waals surface area contributed by atoms with Gasteiger partial charge in [-0.25, -0.2) is 0 Å². The molecule has 0 radical (unpaired) electrons. The molecule has 1 heterocycles. The summed E-state index contributed by atoms with van der Waals surface area (Å²) in [6, 6.07) is 6.87. The number of hydrogen-bond donors (Lipinski definition) is 1. The minimum absolute atomic E-state index is 0.232. The fraction of sp³-hybridized carbons (Fsp3) is 0.0833. The zero-order chi connectivity index (χ0) is 12.4. The molecule has 1 N–H and O–H groups in total. The molecule has 0 saturated carbocycles. The Labute approximate surface area is 112 Å². The van der Waals surface area contributed by atoms with Crippen LogP contribution in [0.5, 0.6) is 0 Å². The minimum Gasteiger partial charge on any atom is -0.469 e. The van der Waals surface area contributed by atoms with E-state index < -0.39 is 0 Å². The number of hydrogen-bond acceptors (Lipinski definition) is 2. The summed E-state index contributed by atoms with van der Waals surface area (Å²) in [6.07, 6.45) is 1.42. The fourth-order valence-corrected chi connectivity index (χ4v) is 1.87. The summed E-state index contributed by atoms with van der Waals surface area (Å²) >= 11 is 9.20. The van der Waals surface area contributed by atoms with Gasteiger partial charge in [0.25, 0.3) is 5.91 Å². The van der Waals surface area contributed by atoms with Gasteiger partial charge in [-0.1, -0.05) is 11.6 Å². The van der Waals surface area contributed by atoms with Gasteiger partial charge in [-0.05, 0) is 47.1 Å². The summed E-state index contributed by atoms with van der Waals surface area (Å²) < 4.78 is 5.85. The van der Waals surface area contributed by atoms with Gasteiger partial charge in [0.05, 0.1) is 11.3 Å². The van der Waals surface area contributed by atoms with Gasteiger partial charge >= 0.3 is 0 Å². The van der Waals surface area contributed by atoms with Gasteiger partial charge in [0, 0.05) is 9.50 Å². The Morgan fingerprint density at radius 2 is 2.18 bits per heavy atom. The van der Waals surface area contributed by atoms with Crippen molar-refractivity contribution in [1.29, 1.82) is 0 Å². The highest BCUT2D eigenvalue weighted by Crippen LogP contribution is 2.26. The molecule has 0 aliphatic heterocycles. The van der Waals surface area contributed by atoms with Crippen LogP contribution in [0, 0.1) is 6.92 Å². The van der Waals surface area contributed by atoms with Crippen LogP contribution in [0.3, 0.4) is 0 Å². The number of nitrogens with one attached hydrogen (secondary N) is 1. The summed E-state index contributed by atoms with van der Waals surface area (Å²) in [4.78, 5) is 11.9. The molecule has 0 atom stereocenters. The second kappa shape index (κ2) is 4.94. The van der Waals surface area contributed by atoms with E-state index in [1.807, 2.05) is 0 Å². The lowest BCUT2D eigenvalue weighted by atomic mass is 10.2. The van der Waals surface area contributed by atoms with Crippen LogP contribution in [0.25, 0.3) is 0 Å². The van der Waals surface area contributed by atoms with Crippen molar-refractivity contribution >= 4 is 39.1 Å². The largest absolute Gasteiger partial charge is 0.469 e. The van der Waals surface area contributed by atoms with Crippen LogP contribution in [0.4, 0.5) is 5.69 Å². The monoisotopic (exact) mass is 313 g/mol. The molecule has 0 unspecified atom stereocenters. The van der Waals surface area contributed by atoms with Crippen LogP contribution >= 0.6 is 27.5 Å². The van der Waals surface area contributed by atoms with Crippen molar-refractivity contribution in [3.05, 3.63) is 51.3 Å². The Balaban J connectivity index is 2.21. The van der Waals surface area contributed by atoms with E-state index in [2.05, 4.69) is 21.2 Å². The SMILES string of the molecule is Cc1cc(C(=O)Nc2cc(Cl)ccc2Br)co1. The maximum atomic E-state index is 11.9. The molecule has 1 aromatic carbocycles. The Bertz CT molecular complexity index is 565. The van der Waals surface area contributed by atoms with Gasteiger partial charge in [-0.15, -0.1) is 0 Å². The van der Waals surface area contributed by atoms with E-state index in [-0.39, 0.29) is 5.91 Å². The predicted molar refractivity (Wildman–Crippen MR) is 70.6 cm³/mol. The number of carbonyl (C=O) groups is 1. The van der Waals surface area contributed by atoms with Crippen molar-refractivity contribution in [2.24, 2.45) is 0 Å². The Kier molecular flexibility index (Phi) is 3.54. The molecule has 0 aliphatic rings. The minimum atomic E-state index is -0.232. The van der Waals surface area contributed by atoms with Crippen LogP contribution in [0.15, 0.2) is 39.4 Å². The van der Waals surface area contributed by atoms with Crippen LogP contribution in [-0.4, -0.2) is 5.91 Å². The highest BCUT2D eigenvalue weighted by molar-refractivity contribution is 9.10. The molecule has 5 heteroatoms. The van der Waals surface area contributed by atoms with Crippen molar-refractivity contribution in [2.75, 3.05) is 5.32 Å². The van der Waals surface area contributed by atoms with Gasteiger partial charge in [0.15, 0.2) is 0 Å². The molecule has 17 heavy (non-hydrogen) atoms. The van der Waals surface area contributed by atoms with E-state index in [9.17, 15) is 4.79 Å². The second-order valence-electron chi connectivity index (χ2n) is 3.52. The molecule has 0 fully saturated rings. The number of carbonyl (C=O) groups excluding carboxylic acids is 1. The molecule has 2 aromatic rings. The highest BCUT2D eigenvalue weighted by Gasteiger charge is 2.10. The maximum Gasteiger partial charge on any atom is 0.258 e. The molecule has 2 rings (SSSR count). The molecule has 0 saturated heterocycles. The number of halogens is 2. The zero-order valence-corrected chi connectivity index (χ0v) is 11.3. The van der Waals surface area contributed by atoms with Crippen LogP contribution in [-0.2, 0) is 0 Å². The Morgan fingerprint density at radius 3 is 2.82 bits per heavy atom. The number of rotatable bonds is 2. The zero-order valence-electron chi connectivity index (χ0n) is 8.96. The van der Waals surface area contributed by atoms with E-state index in [1.54, 1.807) is 31.2 Å². The lowest BCUT2D eigenvalue weighted by molar-refractivity contribution is 0.102. The maximum absolute atomic E-state index is 11.9. The van der Waals surface area contributed by atoms with E-state index in [1.165, 1.54) is 6.26 Å². The van der Waals surface area contributed by atoms with Gasteiger partial charge in [-0.2, -0.15) is 0 Å². The first kappa shape index (κ1) is 12.2. The smallest absolute Gasteiger partial charge is 0.258 e. The van der Waals surface area contributed by atoms with Gasteiger partial charge in [-0.3, -0.25) is 4.79 Å². The summed E-state index contributed by atoms with van der Waals surface area (Å²) in [7, 11) is 0. The van der Waals surface area contributed by atoms with Gasteiger partial charge < -0.3 is 9.73 Å². The lowest BCUT2D eigenvalue weighted by Gasteiger charge is -2.06. The summed E-state index contributed by atoms with van der Waals surface area (Å²) in [5.41, 5.74) is 1.11. The standard InChI is InChI=1S/C12H9BrClNO2/c1-7-4-8(6-17-7)12(16)15-11-5-9(14)2-3-10(11)13/h2-6H,1H3,(H,15,16). The predicted octanol–water partition coefficient (Wildman–Crippen LogP) is 4.26. The molecule has 0 aliphatic carbocycles. The first-order valence-corrected chi connectivity index (χ1v) is 6.05. The Hall–Kier alpha value is -1.26. The van der Waals surface area contributed by atoms with Crippen molar-refractivity contribution in [1.82, 2.24) is 0 Å². The third-order valence-electron chi connectivity index (χ3n) is 2.17. The topological polar surface area (TPSA) is 42.2 Å². The normalized spacial score (nSPS) is 10.3. The van der Waals surface area contributed by atoms with Crippen molar-refractivity contribution in [2.45, 2.75) is 6.92 Å². The average molecular weight is 315 g/mol. The van der Waals surface area contributed by atoms with Crippen molar-refractivity contribution in [3.63, 3.8) is 0 Å². The van der Waals surface area contributed by atoms with Crippen LogP contribution < -0.4 is 5.32 Å². The van der Waals surface area contributed by atoms with E-state index in [4.69, 9.17) is 16.0 Å². The molecular weight excluding hydrogens is 305 g/mol. The van der Waals surface area contributed by atoms with Crippen molar-refractivity contribution < 1.29 is 9.21 Å². The second-order valence-corrected chi connectivity index (χ2v) is 4.82. The number of furan rings is 1. The fourth-order valence-electron chi connectivity index (χ4n) is 1.35. The average Bonchev–Trinajstić information content (AvgIpc) is 2.70. The van der Waals surface area contributed by atoms with Crippen LogP contribution in [0.1, 0.15) is 16.1 Å². The van der Waals surface area contributed by atoms with E-state index in [0.29, 0.717) is 22.0 Å². The number of amides is 1. The molecule has 3 nitrogen and oxygen atoms in total.